The maximum atomic E-state index is 13.5. The Hall–Kier alpha value is -3.44. The van der Waals surface area contributed by atoms with Gasteiger partial charge in [-0.15, -0.1) is 0 Å². The lowest BCUT2D eigenvalue weighted by Gasteiger charge is -2.32. The van der Waals surface area contributed by atoms with E-state index in [1.54, 1.807) is 36.5 Å². The molecule has 2 aliphatic heterocycles. The number of nitrogens with zero attached hydrogens (tertiary/aromatic N) is 4. The van der Waals surface area contributed by atoms with Crippen molar-refractivity contribution >= 4 is 57.7 Å². The summed E-state index contributed by atoms with van der Waals surface area (Å²) in [5.74, 6) is 0.298. The van der Waals surface area contributed by atoms with Crippen LogP contribution in [0.3, 0.4) is 0 Å². The third-order valence-corrected chi connectivity index (χ3v) is 7.37. The minimum Gasteiger partial charge on any atom is -0.467 e. The molecule has 9 nitrogen and oxygen atoms in total. The molecule has 0 radical (unpaired) electrons. The van der Waals surface area contributed by atoms with Crippen LogP contribution >= 0.6 is 24.0 Å². The molecule has 2 saturated heterocycles. The molecule has 2 fully saturated rings. The number of thiocarbonyl (C=S) groups is 1. The number of piperidine rings is 1. The van der Waals surface area contributed by atoms with E-state index < -0.39 is 0 Å². The first-order valence-corrected chi connectivity index (χ1v) is 12.0. The molecule has 0 unspecified atom stereocenters. The molecule has 0 aromatic carbocycles. The molecule has 11 heteroatoms. The van der Waals surface area contributed by atoms with Gasteiger partial charge in [0.05, 0.1) is 23.3 Å². The van der Waals surface area contributed by atoms with E-state index in [2.05, 4.69) is 0 Å². The number of pyridine rings is 1. The third kappa shape index (κ3) is 4.12. The molecule has 0 spiro atoms. The Morgan fingerprint density at radius 2 is 2.03 bits per heavy atom. The Morgan fingerprint density at radius 1 is 1.24 bits per heavy atom. The number of anilines is 1. The minimum atomic E-state index is -0.313. The summed E-state index contributed by atoms with van der Waals surface area (Å²) in [6, 6.07) is 8.84. The van der Waals surface area contributed by atoms with Gasteiger partial charge >= 0.3 is 0 Å². The van der Waals surface area contributed by atoms with E-state index in [4.69, 9.17) is 27.4 Å². The van der Waals surface area contributed by atoms with Crippen molar-refractivity contribution in [2.45, 2.75) is 19.4 Å². The highest BCUT2D eigenvalue weighted by molar-refractivity contribution is 8.26. The van der Waals surface area contributed by atoms with Crippen LogP contribution in [0, 0.1) is 5.92 Å². The van der Waals surface area contributed by atoms with Crippen molar-refractivity contribution in [3.63, 3.8) is 0 Å². The Kier molecular flexibility index (Phi) is 5.96. The van der Waals surface area contributed by atoms with Crippen molar-refractivity contribution < 1.29 is 14.0 Å². The molecule has 0 saturated carbocycles. The summed E-state index contributed by atoms with van der Waals surface area (Å²) in [5, 5.41) is 0. The first-order chi connectivity index (χ1) is 16.4. The summed E-state index contributed by atoms with van der Waals surface area (Å²) in [6.45, 7) is 1.28. The number of rotatable bonds is 5. The van der Waals surface area contributed by atoms with Gasteiger partial charge in [0.2, 0.25) is 5.91 Å². The molecule has 3 aromatic heterocycles. The van der Waals surface area contributed by atoms with Crippen molar-refractivity contribution in [2.75, 3.05) is 18.0 Å². The number of nitrogens with two attached hydrogens (primary N) is 1. The number of amides is 2. The molecular formula is C23H21N5O4S2. The van der Waals surface area contributed by atoms with E-state index in [-0.39, 0.29) is 29.8 Å². The van der Waals surface area contributed by atoms with E-state index in [1.807, 2.05) is 11.0 Å². The second-order valence-electron chi connectivity index (χ2n) is 8.09. The summed E-state index contributed by atoms with van der Waals surface area (Å²) in [7, 11) is 0. The largest absolute Gasteiger partial charge is 0.467 e. The quantitative estimate of drug-likeness (QED) is 0.424. The van der Waals surface area contributed by atoms with Crippen molar-refractivity contribution in [1.29, 1.82) is 0 Å². The lowest BCUT2D eigenvalue weighted by atomic mass is 9.96. The van der Waals surface area contributed by atoms with Crippen molar-refractivity contribution in [3.8, 4) is 0 Å². The molecule has 0 atom stereocenters. The van der Waals surface area contributed by atoms with Crippen LogP contribution in [0.1, 0.15) is 24.2 Å². The highest BCUT2D eigenvalue weighted by Gasteiger charge is 2.34. The zero-order valence-corrected chi connectivity index (χ0v) is 19.7. The van der Waals surface area contributed by atoms with Gasteiger partial charge in [0.15, 0.2) is 0 Å². The zero-order chi connectivity index (χ0) is 23.8. The summed E-state index contributed by atoms with van der Waals surface area (Å²) in [4.78, 5) is 46.7. The molecule has 0 bridgehead atoms. The second-order valence-corrected chi connectivity index (χ2v) is 9.77. The monoisotopic (exact) mass is 495 g/mol. The highest BCUT2D eigenvalue weighted by Crippen LogP contribution is 2.35. The average Bonchev–Trinajstić information content (AvgIpc) is 3.45. The maximum absolute atomic E-state index is 13.5. The number of fused-ring (bicyclic) bond motifs is 1. The Balaban J connectivity index is 1.54. The summed E-state index contributed by atoms with van der Waals surface area (Å²) in [5.41, 5.74) is 6.00. The summed E-state index contributed by atoms with van der Waals surface area (Å²) < 4.78 is 7.20. The van der Waals surface area contributed by atoms with E-state index in [0.29, 0.717) is 57.9 Å². The molecule has 2 aliphatic rings. The second kappa shape index (κ2) is 9.07. The maximum Gasteiger partial charge on any atom is 0.267 e. The van der Waals surface area contributed by atoms with Crippen LogP contribution in [0.15, 0.2) is 56.9 Å². The SMILES string of the molecule is NC(=O)C1CCN(c2nc3ccccn3c(=O)c2C=C2SC(=S)N(Cc3ccco3)C2=O)CC1. The van der Waals surface area contributed by atoms with Crippen LogP contribution in [-0.2, 0) is 16.1 Å². The van der Waals surface area contributed by atoms with Crippen LogP contribution in [0.5, 0.6) is 0 Å². The van der Waals surface area contributed by atoms with Gasteiger partial charge in [-0.25, -0.2) is 4.98 Å². The van der Waals surface area contributed by atoms with Crippen molar-refractivity contribution in [2.24, 2.45) is 11.7 Å². The molecule has 0 aliphatic carbocycles. The first-order valence-electron chi connectivity index (χ1n) is 10.8. The van der Waals surface area contributed by atoms with Gasteiger partial charge in [0.1, 0.15) is 21.5 Å². The van der Waals surface area contributed by atoms with E-state index >= 15 is 0 Å². The Morgan fingerprint density at radius 3 is 2.74 bits per heavy atom. The number of furan rings is 1. The normalized spacial score (nSPS) is 18.4. The van der Waals surface area contributed by atoms with Crippen LogP contribution < -0.4 is 16.2 Å². The first kappa shape index (κ1) is 22.4. The lowest BCUT2D eigenvalue weighted by Crippen LogP contribution is -2.40. The summed E-state index contributed by atoms with van der Waals surface area (Å²) in [6.07, 6.45) is 5.92. The van der Waals surface area contributed by atoms with Crippen molar-refractivity contribution in [3.05, 3.63) is 69.4 Å². The predicted molar refractivity (Wildman–Crippen MR) is 133 cm³/mol. The number of thioether (sulfide) groups is 1. The van der Waals surface area contributed by atoms with Gasteiger partial charge in [-0.3, -0.25) is 23.7 Å². The van der Waals surface area contributed by atoms with E-state index in [9.17, 15) is 14.4 Å². The number of hydrogen-bond acceptors (Lipinski definition) is 8. The molecule has 5 rings (SSSR count). The van der Waals surface area contributed by atoms with E-state index in [1.165, 1.54) is 15.6 Å². The number of carbonyl (C=O) groups excluding carboxylic acids is 2. The van der Waals surface area contributed by atoms with Gasteiger partial charge in [-0.2, -0.15) is 0 Å². The third-order valence-electron chi connectivity index (χ3n) is 5.99. The van der Waals surface area contributed by atoms with Gasteiger partial charge in [0, 0.05) is 25.2 Å². The van der Waals surface area contributed by atoms with Crippen LogP contribution in [0.4, 0.5) is 5.82 Å². The fraction of sp³-hybridized carbons (Fsp3) is 0.261. The van der Waals surface area contributed by atoms with Gasteiger partial charge in [-0.05, 0) is 43.2 Å². The summed E-state index contributed by atoms with van der Waals surface area (Å²) >= 11 is 6.57. The number of hydrogen-bond donors (Lipinski definition) is 1. The molecule has 34 heavy (non-hydrogen) atoms. The fourth-order valence-corrected chi connectivity index (χ4v) is 5.40. The standard InChI is InChI=1S/C23H21N5O4S2/c24-19(29)14-6-9-26(10-7-14)20-16(21(30)27-8-2-1-5-18(27)25-20)12-17-22(31)28(23(33)34-17)13-15-4-3-11-32-15/h1-5,8,11-12,14H,6-7,9-10,13H2,(H2,24,29). The van der Waals surface area contributed by atoms with Gasteiger partial charge in [-0.1, -0.05) is 30.0 Å². The Labute approximate surface area is 204 Å². The molecule has 3 aromatic rings. The smallest absolute Gasteiger partial charge is 0.267 e. The number of aromatic nitrogens is 2. The predicted octanol–water partition coefficient (Wildman–Crippen LogP) is 2.39. The number of primary amides is 1. The fourth-order valence-electron chi connectivity index (χ4n) is 4.16. The van der Waals surface area contributed by atoms with Crippen LogP contribution in [0.2, 0.25) is 0 Å². The van der Waals surface area contributed by atoms with Gasteiger partial charge < -0.3 is 15.1 Å². The molecular weight excluding hydrogens is 474 g/mol. The highest BCUT2D eigenvalue weighted by atomic mass is 32.2. The van der Waals surface area contributed by atoms with Crippen LogP contribution in [-0.4, -0.2) is 43.5 Å². The molecule has 5 heterocycles. The lowest BCUT2D eigenvalue weighted by molar-refractivity contribution is -0.123. The molecule has 2 amide bonds. The van der Waals surface area contributed by atoms with Crippen LogP contribution in [0.25, 0.3) is 11.7 Å². The Bertz CT molecular complexity index is 1370. The van der Waals surface area contributed by atoms with Gasteiger partial charge in [0.25, 0.3) is 11.5 Å². The molecule has 174 valence electrons. The average molecular weight is 496 g/mol. The molecule has 2 N–H and O–H groups in total. The van der Waals surface area contributed by atoms with Crippen molar-refractivity contribution in [1.82, 2.24) is 14.3 Å². The zero-order valence-electron chi connectivity index (χ0n) is 18.0. The minimum absolute atomic E-state index is 0.195. The number of carbonyl (C=O) groups is 2. The van der Waals surface area contributed by atoms with E-state index in [0.717, 1.165) is 11.8 Å². The topological polar surface area (TPSA) is 114 Å².